The van der Waals surface area contributed by atoms with Crippen LogP contribution in [0, 0.1) is 17.7 Å². The molecule has 0 saturated heterocycles. The average Bonchev–Trinajstić information content (AvgIpc) is 2.83. The Hall–Kier alpha value is -3.52. The van der Waals surface area contributed by atoms with Gasteiger partial charge in [0, 0.05) is 17.8 Å². The summed E-state index contributed by atoms with van der Waals surface area (Å²) in [6, 6.07) is 26.8. The molecule has 0 radical (unpaired) electrons. The summed E-state index contributed by atoms with van der Waals surface area (Å²) in [5, 5.41) is 14.7. The van der Waals surface area contributed by atoms with E-state index < -0.39 is 0 Å². The summed E-state index contributed by atoms with van der Waals surface area (Å²) >= 11 is 0. The third-order valence-electron chi connectivity index (χ3n) is 4.15. The SMILES string of the molecule is C=C.CC.CC(=N)/C=C/c1ccccc1-c1ccccc1.CC(=N)Cc1ccc(C)cc1. The summed E-state index contributed by atoms with van der Waals surface area (Å²) < 4.78 is 0. The van der Waals surface area contributed by atoms with Crippen LogP contribution in [0.1, 0.15) is 44.4 Å². The van der Waals surface area contributed by atoms with E-state index in [0.29, 0.717) is 11.4 Å². The molecule has 2 heteroatoms. The molecule has 0 bridgehead atoms. The monoisotopic (exact) mass is 426 g/mol. The van der Waals surface area contributed by atoms with Crippen LogP contribution in [-0.4, -0.2) is 11.4 Å². The highest BCUT2D eigenvalue weighted by molar-refractivity contribution is 5.95. The number of benzene rings is 3. The molecule has 0 fully saturated rings. The minimum Gasteiger partial charge on any atom is -0.310 e. The van der Waals surface area contributed by atoms with Crippen molar-refractivity contribution in [1.29, 1.82) is 10.8 Å². The second kappa shape index (κ2) is 17.2. The predicted octanol–water partition coefficient (Wildman–Crippen LogP) is 8.81. The van der Waals surface area contributed by atoms with Gasteiger partial charge in [0.25, 0.3) is 0 Å². The van der Waals surface area contributed by atoms with Crippen molar-refractivity contribution in [1.82, 2.24) is 0 Å². The van der Waals surface area contributed by atoms with Crippen LogP contribution in [0.2, 0.25) is 0 Å². The lowest BCUT2D eigenvalue weighted by molar-refractivity contribution is 1.25. The van der Waals surface area contributed by atoms with E-state index in [4.69, 9.17) is 10.8 Å². The molecule has 0 aromatic heterocycles. The van der Waals surface area contributed by atoms with E-state index in [-0.39, 0.29) is 0 Å². The Labute approximate surface area is 195 Å². The smallest absolute Gasteiger partial charge is 0.0283 e. The van der Waals surface area contributed by atoms with Gasteiger partial charge < -0.3 is 10.8 Å². The van der Waals surface area contributed by atoms with E-state index in [1.807, 2.05) is 63.3 Å². The normalized spacial score (nSPS) is 9.28. The van der Waals surface area contributed by atoms with Gasteiger partial charge in [-0.3, -0.25) is 0 Å². The van der Waals surface area contributed by atoms with Crippen molar-refractivity contribution >= 4 is 17.5 Å². The third-order valence-corrected chi connectivity index (χ3v) is 4.15. The fourth-order valence-corrected chi connectivity index (χ4v) is 2.75. The first-order valence-corrected chi connectivity index (χ1v) is 10.9. The zero-order chi connectivity index (χ0) is 24.4. The first kappa shape index (κ1) is 28.5. The third kappa shape index (κ3) is 11.6. The molecule has 0 aliphatic rings. The molecule has 0 unspecified atom stereocenters. The second-order valence-corrected chi connectivity index (χ2v) is 6.91. The minimum absolute atomic E-state index is 0.563. The van der Waals surface area contributed by atoms with Gasteiger partial charge in [-0.1, -0.05) is 104 Å². The second-order valence-electron chi connectivity index (χ2n) is 6.91. The lowest BCUT2D eigenvalue weighted by atomic mass is 9.99. The number of hydrogen-bond acceptors (Lipinski definition) is 2. The Morgan fingerprint density at radius 3 is 1.84 bits per heavy atom. The summed E-state index contributed by atoms with van der Waals surface area (Å²) in [6.45, 7) is 15.7. The Balaban J connectivity index is 0.000000555. The molecular weight excluding hydrogens is 388 g/mol. The number of allylic oxidation sites excluding steroid dienone is 1. The van der Waals surface area contributed by atoms with Crippen LogP contribution in [-0.2, 0) is 6.42 Å². The summed E-state index contributed by atoms with van der Waals surface area (Å²) in [5.41, 5.74) is 7.33. The molecule has 0 atom stereocenters. The molecular formula is C30H38N2. The lowest BCUT2D eigenvalue weighted by Crippen LogP contribution is -1.94. The molecule has 168 valence electrons. The van der Waals surface area contributed by atoms with Crippen LogP contribution in [0.4, 0.5) is 0 Å². The molecule has 3 rings (SSSR count). The highest BCUT2D eigenvalue weighted by Gasteiger charge is 2.00. The molecule has 32 heavy (non-hydrogen) atoms. The minimum atomic E-state index is 0.563. The van der Waals surface area contributed by atoms with Crippen LogP contribution < -0.4 is 0 Å². The molecule has 0 aliphatic heterocycles. The van der Waals surface area contributed by atoms with E-state index in [1.54, 1.807) is 6.92 Å². The van der Waals surface area contributed by atoms with E-state index in [1.165, 1.54) is 22.3 Å². The van der Waals surface area contributed by atoms with Crippen LogP contribution in [0.25, 0.3) is 17.2 Å². The lowest BCUT2D eigenvalue weighted by Gasteiger charge is -2.05. The van der Waals surface area contributed by atoms with Gasteiger partial charge in [0.15, 0.2) is 0 Å². The van der Waals surface area contributed by atoms with Gasteiger partial charge in [-0.25, -0.2) is 0 Å². The van der Waals surface area contributed by atoms with Crippen LogP contribution in [0.15, 0.2) is 98.1 Å². The predicted molar refractivity (Wildman–Crippen MR) is 145 cm³/mol. The zero-order valence-corrected chi connectivity index (χ0v) is 20.3. The Kier molecular flexibility index (Phi) is 15.3. The van der Waals surface area contributed by atoms with Gasteiger partial charge in [0.2, 0.25) is 0 Å². The van der Waals surface area contributed by atoms with Gasteiger partial charge in [0.05, 0.1) is 0 Å². The van der Waals surface area contributed by atoms with Crippen molar-refractivity contribution in [2.75, 3.05) is 0 Å². The summed E-state index contributed by atoms with van der Waals surface area (Å²) in [6.07, 6.45) is 4.59. The first-order chi connectivity index (χ1) is 15.5. The maximum absolute atomic E-state index is 7.43. The summed E-state index contributed by atoms with van der Waals surface area (Å²) in [5.74, 6) is 0. The highest BCUT2D eigenvalue weighted by Crippen LogP contribution is 2.24. The van der Waals surface area contributed by atoms with Crippen LogP contribution in [0.3, 0.4) is 0 Å². The fourth-order valence-electron chi connectivity index (χ4n) is 2.75. The van der Waals surface area contributed by atoms with E-state index in [9.17, 15) is 0 Å². The zero-order valence-electron chi connectivity index (χ0n) is 20.3. The molecule has 3 aromatic carbocycles. The number of aryl methyl sites for hydroxylation is 1. The maximum Gasteiger partial charge on any atom is 0.0283 e. The van der Waals surface area contributed by atoms with E-state index >= 15 is 0 Å². The average molecular weight is 427 g/mol. The summed E-state index contributed by atoms with van der Waals surface area (Å²) in [7, 11) is 0. The van der Waals surface area contributed by atoms with Gasteiger partial charge >= 0.3 is 0 Å². The quantitative estimate of drug-likeness (QED) is 0.302. The van der Waals surface area contributed by atoms with Crippen LogP contribution in [0.5, 0.6) is 0 Å². The van der Waals surface area contributed by atoms with E-state index in [2.05, 4.69) is 68.6 Å². The van der Waals surface area contributed by atoms with Crippen molar-refractivity contribution in [3.8, 4) is 11.1 Å². The van der Waals surface area contributed by atoms with Crippen molar-refractivity contribution < 1.29 is 0 Å². The van der Waals surface area contributed by atoms with Gasteiger partial charge in [-0.15, -0.1) is 13.2 Å². The molecule has 3 aromatic rings. The van der Waals surface area contributed by atoms with Gasteiger partial charge in [-0.05, 0) is 49.1 Å². The van der Waals surface area contributed by atoms with Crippen molar-refractivity contribution in [2.24, 2.45) is 0 Å². The van der Waals surface area contributed by atoms with Crippen molar-refractivity contribution in [2.45, 2.75) is 41.0 Å². The van der Waals surface area contributed by atoms with Crippen molar-refractivity contribution in [3.63, 3.8) is 0 Å². The highest BCUT2D eigenvalue weighted by atomic mass is 14.4. The molecule has 0 saturated carbocycles. The van der Waals surface area contributed by atoms with Gasteiger partial charge in [-0.2, -0.15) is 0 Å². The Bertz CT molecular complexity index is 952. The largest absolute Gasteiger partial charge is 0.310 e. The Morgan fingerprint density at radius 1 is 0.781 bits per heavy atom. The van der Waals surface area contributed by atoms with Gasteiger partial charge in [0.1, 0.15) is 0 Å². The number of rotatable bonds is 5. The molecule has 2 N–H and O–H groups in total. The standard InChI is InChI=1S/C16H15N.C10H13N.C2H6.C2H4/c1-13(17)11-12-15-9-5-6-10-16(15)14-7-3-2-4-8-14;1-8-3-5-10(6-4-8)7-9(2)11;2*1-2/h2-12,17H,1H3;3-6,11H,7H2,1-2H3;1-2H3;1-2H2/b12-11+,17-13?;;;. The molecule has 0 aliphatic carbocycles. The molecule has 2 nitrogen and oxygen atoms in total. The number of hydrogen-bond donors (Lipinski definition) is 2. The number of nitrogens with one attached hydrogen (secondary N) is 2. The molecule has 0 amide bonds. The summed E-state index contributed by atoms with van der Waals surface area (Å²) in [4.78, 5) is 0. The maximum atomic E-state index is 7.43. The topological polar surface area (TPSA) is 47.7 Å². The molecule has 0 spiro atoms. The Morgan fingerprint density at radius 2 is 1.31 bits per heavy atom. The van der Waals surface area contributed by atoms with Crippen LogP contribution >= 0.6 is 0 Å². The van der Waals surface area contributed by atoms with Crippen molar-refractivity contribution in [3.05, 3.63) is 115 Å². The fraction of sp³-hybridized carbons (Fsp3) is 0.200. The van der Waals surface area contributed by atoms with E-state index in [0.717, 1.165) is 12.0 Å². The molecule has 0 heterocycles. The first-order valence-electron chi connectivity index (χ1n) is 10.9.